The van der Waals surface area contributed by atoms with Crippen LogP contribution in [0.2, 0.25) is 0 Å². The predicted octanol–water partition coefficient (Wildman–Crippen LogP) is 3.96. The first-order chi connectivity index (χ1) is 9.70. The molecule has 1 aromatic carbocycles. The van der Waals surface area contributed by atoms with Gasteiger partial charge in [-0.3, -0.25) is 9.48 Å². The molecule has 0 radical (unpaired) electrons. The smallest absolute Gasteiger partial charge is 0.292 e. The van der Waals surface area contributed by atoms with E-state index in [0.717, 1.165) is 28.2 Å². The highest BCUT2D eigenvalue weighted by atomic mass is 19.4. The van der Waals surface area contributed by atoms with Crippen molar-refractivity contribution < 1.29 is 18.0 Å². The number of hydrogen-bond donors (Lipinski definition) is 0. The Morgan fingerprint density at radius 1 is 1.29 bits per heavy atom. The number of aryl methyl sites for hydroxylation is 2. The van der Waals surface area contributed by atoms with Crippen LogP contribution in [0.5, 0.6) is 0 Å². The molecule has 0 spiro atoms. The van der Waals surface area contributed by atoms with Gasteiger partial charge in [-0.15, -0.1) is 0 Å². The first kappa shape index (κ1) is 15.3. The molecule has 6 heteroatoms. The summed E-state index contributed by atoms with van der Waals surface area (Å²) in [6, 6.07) is 4.65. The van der Waals surface area contributed by atoms with Gasteiger partial charge in [0.2, 0.25) is 0 Å². The van der Waals surface area contributed by atoms with E-state index in [0.29, 0.717) is 5.56 Å². The van der Waals surface area contributed by atoms with Gasteiger partial charge >= 0.3 is 6.18 Å². The van der Waals surface area contributed by atoms with E-state index >= 15 is 0 Å². The van der Waals surface area contributed by atoms with Crippen molar-refractivity contribution in [2.24, 2.45) is 0 Å². The van der Waals surface area contributed by atoms with Crippen LogP contribution >= 0.6 is 0 Å². The molecular weight excluding hydrogens is 281 g/mol. The van der Waals surface area contributed by atoms with Gasteiger partial charge in [-0.1, -0.05) is 17.7 Å². The van der Waals surface area contributed by atoms with E-state index in [1.165, 1.54) is 6.92 Å². The van der Waals surface area contributed by atoms with Crippen LogP contribution < -0.4 is 0 Å². The van der Waals surface area contributed by atoms with Crippen LogP contribution in [0.4, 0.5) is 13.2 Å². The minimum absolute atomic E-state index is 0.256. The fourth-order valence-electron chi connectivity index (χ4n) is 2.04. The van der Waals surface area contributed by atoms with E-state index in [1.807, 2.05) is 19.1 Å². The second-order valence-electron chi connectivity index (χ2n) is 5.07. The van der Waals surface area contributed by atoms with Crippen molar-refractivity contribution in [3.8, 4) is 0 Å². The second kappa shape index (κ2) is 5.35. The van der Waals surface area contributed by atoms with Crippen molar-refractivity contribution in [1.29, 1.82) is 0 Å². The Labute approximate surface area is 120 Å². The third-order valence-electron chi connectivity index (χ3n) is 3.36. The molecule has 0 fully saturated rings. The number of benzene rings is 1. The van der Waals surface area contributed by atoms with Crippen molar-refractivity contribution in [2.45, 2.75) is 33.0 Å². The molecule has 0 aliphatic carbocycles. The van der Waals surface area contributed by atoms with E-state index < -0.39 is 17.8 Å². The fourth-order valence-corrected chi connectivity index (χ4v) is 2.04. The molecule has 3 nitrogen and oxygen atoms in total. The number of carbonyl (C=O) groups excluding carboxylic acids is 1. The van der Waals surface area contributed by atoms with Gasteiger partial charge in [-0.2, -0.15) is 18.3 Å². The average Bonchev–Trinajstić information content (AvgIpc) is 2.89. The number of alkyl halides is 3. The highest BCUT2D eigenvalue weighted by Gasteiger charge is 2.33. The van der Waals surface area contributed by atoms with Crippen LogP contribution in [0.25, 0.3) is 0 Å². The Balaban J connectivity index is 2.31. The minimum Gasteiger partial charge on any atom is -0.292 e. The number of hydrogen-bond acceptors (Lipinski definition) is 2. The molecule has 0 saturated carbocycles. The third kappa shape index (κ3) is 3.15. The summed E-state index contributed by atoms with van der Waals surface area (Å²) in [4.78, 5) is 12.4. The van der Waals surface area contributed by atoms with Crippen LogP contribution in [0.3, 0.4) is 0 Å². The maximum Gasteiger partial charge on any atom is 0.419 e. The lowest BCUT2D eigenvalue weighted by Gasteiger charge is -2.13. The van der Waals surface area contributed by atoms with Crippen LogP contribution in [-0.4, -0.2) is 15.6 Å². The number of Topliss-reactive ketones (excluding diaryl/α,β-unsaturated/α-hetero) is 1. The fraction of sp³-hybridized carbons (Fsp3) is 0.333. The summed E-state index contributed by atoms with van der Waals surface area (Å²) in [6.45, 7) is 5.19. The van der Waals surface area contributed by atoms with Gasteiger partial charge in [0.15, 0.2) is 5.78 Å². The maximum absolute atomic E-state index is 12.6. The number of halogens is 3. The lowest BCUT2D eigenvalue weighted by Crippen LogP contribution is -2.18. The molecule has 0 aliphatic heterocycles. The van der Waals surface area contributed by atoms with E-state index in [2.05, 4.69) is 5.10 Å². The summed E-state index contributed by atoms with van der Waals surface area (Å²) in [7, 11) is 0. The van der Waals surface area contributed by atoms with Crippen molar-refractivity contribution in [2.75, 3.05) is 0 Å². The lowest BCUT2D eigenvalue weighted by atomic mass is 9.98. The first-order valence-corrected chi connectivity index (χ1v) is 6.43. The van der Waals surface area contributed by atoms with Crippen LogP contribution in [0.1, 0.15) is 40.0 Å². The molecule has 1 unspecified atom stereocenters. The molecule has 1 heterocycles. The average molecular weight is 296 g/mol. The molecular formula is C15H15F3N2O. The van der Waals surface area contributed by atoms with Crippen molar-refractivity contribution in [1.82, 2.24) is 9.78 Å². The maximum atomic E-state index is 12.6. The highest BCUT2D eigenvalue weighted by molar-refractivity contribution is 6.00. The van der Waals surface area contributed by atoms with E-state index in [-0.39, 0.29) is 5.78 Å². The molecule has 21 heavy (non-hydrogen) atoms. The largest absolute Gasteiger partial charge is 0.419 e. The number of nitrogens with zero attached hydrogens (tertiary/aromatic N) is 2. The Morgan fingerprint density at radius 3 is 2.52 bits per heavy atom. The van der Waals surface area contributed by atoms with Gasteiger partial charge < -0.3 is 0 Å². The highest BCUT2D eigenvalue weighted by Crippen LogP contribution is 2.29. The Kier molecular flexibility index (Phi) is 3.89. The zero-order valence-corrected chi connectivity index (χ0v) is 11.9. The summed E-state index contributed by atoms with van der Waals surface area (Å²) in [5, 5.41) is 3.66. The lowest BCUT2D eigenvalue weighted by molar-refractivity contribution is -0.137. The third-order valence-corrected chi connectivity index (χ3v) is 3.36. The second-order valence-corrected chi connectivity index (χ2v) is 5.07. The summed E-state index contributed by atoms with van der Waals surface area (Å²) >= 11 is 0. The van der Waals surface area contributed by atoms with Crippen LogP contribution in [0, 0.1) is 13.8 Å². The van der Waals surface area contributed by atoms with E-state index in [4.69, 9.17) is 0 Å². The molecule has 0 aliphatic rings. The van der Waals surface area contributed by atoms with Crippen molar-refractivity contribution >= 4 is 5.78 Å². The number of carbonyl (C=O) groups is 1. The quantitative estimate of drug-likeness (QED) is 0.803. The van der Waals surface area contributed by atoms with Gasteiger partial charge in [0, 0.05) is 11.8 Å². The zero-order valence-electron chi connectivity index (χ0n) is 11.9. The molecule has 0 saturated heterocycles. The standard InChI is InChI=1S/C15H15F3N2O/c1-9-4-5-10(2)13(6-9)14(21)11(3)20-8-12(7-19-20)15(16,17)18/h4-8,11H,1-3H3. The summed E-state index contributed by atoms with van der Waals surface area (Å²) < 4.78 is 38.8. The number of aromatic nitrogens is 2. The Hall–Kier alpha value is -2.11. The Morgan fingerprint density at radius 2 is 1.95 bits per heavy atom. The topological polar surface area (TPSA) is 34.9 Å². The van der Waals surface area contributed by atoms with E-state index in [1.54, 1.807) is 13.0 Å². The summed E-state index contributed by atoms with van der Waals surface area (Å²) in [6.07, 6.45) is -2.87. The molecule has 2 aromatic rings. The molecule has 1 atom stereocenters. The van der Waals surface area contributed by atoms with Gasteiger partial charge in [0.1, 0.15) is 6.04 Å². The van der Waals surface area contributed by atoms with E-state index in [9.17, 15) is 18.0 Å². The van der Waals surface area contributed by atoms with Crippen molar-refractivity contribution in [3.63, 3.8) is 0 Å². The number of rotatable bonds is 3. The first-order valence-electron chi connectivity index (χ1n) is 6.43. The molecule has 0 amide bonds. The minimum atomic E-state index is -4.46. The van der Waals surface area contributed by atoms with Gasteiger partial charge in [0.05, 0.1) is 11.8 Å². The monoisotopic (exact) mass is 296 g/mol. The Bertz CT molecular complexity index is 674. The van der Waals surface area contributed by atoms with Crippen molar-refractivity contribution in [3.05, 3.63) is 52.8 Å². The summed E-state index contributed by atoms with van der Waals surface area (Å²) in [5.74, 6) is -0.256. The molecule has 112 valence electrons. The van der Waals surface area contributed by atoms with Gasteiger partial charge in [0.25, 0.3) is 0 Å². The predicted molar refractivity (Wildman–Crippen MR) is 72.2 cm³/mol. The molecule has 2 rings (SSSR count). The van der Waals surface area contributed by atoms with Gasteiger partial charge in [-0.25, -0.2) is 0 Å². The molecule has 1 aromatic heterocycles. The molecule has 0 N–H and O–H groups in total. The molecule has 0 bridgehead atoms. The normalized spacial score (nSPS) is 13.2. The van der Waals surface area contributed by atoms with Crippen LogP contribution in [-0.2, 0) is 6.18 Å². The SMILES string of the molecule is Cc1ccc(C)c(C(=O)C(C)n2cc(C(F)(F)F)cn2)c1. The summed E-state index contributed by atoms with van der Waals surface area (Å²) in [5.41, 5.74) is 1.36. The zero-order chi connectivity index (χ0) is 15.8. The van der Waals surface area contributed by atoms with Crippen LogP contribution in [0.15, 0.2) is 30.6 Å². The van der Waals surface area contributed by atoms with Gasteiger partial charge in [-0.05, 0) is 32.4 Å². The number of ketones is 1.